The fraction of sp³-hybridized carbons (Fsp3) is 0.158. The van der Waals surface area contributed by atoms with E-state index >= 15 is 0 Å². The molecular weight excluding hydrogens is 356 g/mol. The highest BCUT2D eigenvalue weighted by molar-refractivity contribution is 7.99. The van der Waals surface area contributed by atoms with Crippen LogP contribution in [0.25, 0.3) is 16.6 Å². The van der Waals surface area contributed by atoms with Crippen molar-refractivity contribution in [2.45, 2.75) is 12.1 Å². The maximum absolute atomic E-state index is 13.2. The van der Waals surface area contributed by atoms with E-state index in [9.17, 15) is 4.79 Å². The summed E-state index contributed by atoms with van der Waals surface area (Å²) >= 11 is 7.52. The third-order valence-corrected chi connectivity index (χ3v) is 4.98. The van der Waals surface area contributed by atoms with E-state index in [1.54, 1.807) is 29.9 Å². The number of aromatic nitrogens is 2. The minimum atomic E-state index is -0.157. The number of benzene rings is 2. The van der Waals surface area contributed by atoms with Gasteiger partial charge in [-0.25, -0.2) is 4.98 Å². The second-order valence-corrected chi connectivity index (χ2v) is 6.99. The third-order valence-electron chi connectivity index (χ3n) is 3.57. The molecular formula is C19H17ClN2O2S. The largest absolute Gasteiger partial charge is 0.495 e. The molecule has 1 aromatic heterocycles. The highest BCUT2D eigenvalue weighted by atomic mass is 35.5. The Morgan fingerprint density at radius 2 is 2.08 bits per heavy atom. The van der Waals surface area contributed by atoms with Gasteiger partial charge in [0.1, 0.15) is 5.75 Å². The van der Waals surface area contributed by atoms with Gasteiger partial charge in [-0.05, 0) is 37.3 Å². The number of hydrogen-bond acceptors (Lipinski definition) is 4. The maximum Gasteiger partial charge on any atom is 0.266 e. The van der Waals surface area contributed by atoms with E-state index in [1.807, 2.05) is 31.2 Å². The fourth-order valence-electron chi connectivity index (χ4n) is 2.45. The van der Waals surface area contributed by atoms with Crippen molar-refractivity contribution in [3.05, 3.63) is 70.0 Å². The number of halogens is 1. The van der Waals surface area contributed by atoms with Crippen LogP contribution in [-0.4, -0.2) is 22.4 Å². The standard InChI is InChI=1S/C19H17ClN2O2S/c1-12(2)11-25-19-21-15-10-13(20)8-9-14(15)18(23)22(19)16-6-4-5-7-17(16)24-3/h4-10H,1,11H2,2-3H3. The Morgan fingerprint density at radius 1 is 1.32 bits per heavy atom. The van der Waals surface area contributed by atoms with E-state index in [0.29, 0.717) is 38.3 Å². The van der Waals surface area contributed by atoms with E-state index in [4.69, 9.17) is 16.3 Å². The number of hydrogen-bond donors (Lipinski definition) is 0. The van der Waals surface area contributed by atoms with E-state index in [2.05, 4.69) is 11.6 Å². The fourth-order valence-corrected chi connectivity index (χ4v) is 3.47. The molecule has 0 aliphatic heterocycles. The van der Waals surface area contributed by atoms with Crippen molar-refractivity contribution in [3.8, 4) is 11.4 Å². The van der Waals surface area contributed by atoms with Crippen molar-refractivity contribution in [1.82, 2.24) is 9.55 Å². The van der Waals surface area contributed by atoms with Crippen molar-refractivity contribution in [2.75, 3.05) is 12.9 Å². The molecule has 0 N–H and O–H groups in total. The van der Waals surface area contributed by atoms with Crippen LogP contribution in [0.1, 0.15) is 6.92 Å². The highest BCUT2D eigenvalue weighted by Gasteiger charge is 2.16. The third kappa shape index (κ3) is 3.57. The summed E-state index contributed by atoms with van der Waals surface area (Å²) in [6.45, 7) is 5.86. The Hall–Kier alpha value is -2.24. The first-order valence-corrected chi connectivity index (χ1v) is 9.00. The minimum Gasteiger partial charge on any atom is -0.495 e. The van der Waals surface area contributed by atoms with Gasteiger partial charge in [-0.3, -0.25) is 9.36 Å². The molecule has 4 nitrogen and oxygen atoms in total. The zero-order valence-electron chi connectivity index (χ0n) is 14.0. The highest BCUT2D eigenvalue weighted by Crippen LogP contribution is 2.28. The lowest BCUT2D eigenvalue weighted by atomic mass is 10.2. The molecule has 0 unspecified atom stereocenters. The lowest BCUT2D eigenvalue weighted by molar-refractivity contribution is 0.411. The number of para-hydroxylation sites is 2. The average Bonchev–Trinajstić information content (AvgIpc) is 2.59. The number of ether oxygens (including phenoxy) is 1. The molecule has 25 heavy (non-hydrogen) atoms. The first-order chi connectivity index (χ1) is 12.0. The van der Waals surface area contributed by atoms with Gasteiger partial charge in [-0.15, -0.1) is 0 Å². The molecule has 1 heterocycles. The molecule has 0 aliphatic rings. The molecule has 0 radical (unpaired) electrons. The van der Waals surface area contributed by atoms with Crippen molar-refractivity contribution < 1.29 is 4.74 Å². The predicted molar refractivity (Wildman–Crippen MR) is 104 cm³/mol. The van der Waals surface area contributed by atoms with Crippen molar-refractivity contribution in [2.24, 2.45) is 0 Å². The van der Waals surface area contributed by atoms with Crippen LogP contribution in [0.3, 0.4) is 0 Å². The summed E-state index contributed by atoms with van der Waals surface area (Å²) in [5, 5.41) is 1.63. The van der Waals surface area contributed by atoms with Crippen LogP contribution in [0.4, 0.5) is 0 Å². The van der Waals surface area contributed by atoms with Gasteiger partial charge in [-0.2, -0.15) is 0 Å². The van der Waals surface area contributed by atoms with Crippen LogP contribution in [0.15, 0.2) is 64.6 Å². The maximum atomic E-state index is 13.2. The van der Waals surface area contributed by atoms with E-state index in [0.717, 1.165) is 5.57 Å². The van der Waals surface area contributed by atoms with Crippen LogP contribution >= 0.6 is 23.4 Å². The molecule has 0 atom stereocenters. The van der Waals surface area contributed by atoms with E-state index < -0.39 is 0 Å². The second kappa shape index (κ2) is 7.33. The lowest BCUT2D eigenvalue weighted by Crippen LogP contribution is -2.22. The van der Waals surface area contributed by atoms with Crippen molar-refractivity contribution in [1.29, 1.82) is 0 Å². The average molecular weight is 373 g/mol. The normalized spacial score (nSPS) is 10.8. The molecule has 0 bridgehead atoms. The first-order valence-electron chi connectivity index (χ1n) is 7.64. The lowest BCUT2D eigenvalue weighted by Gasteiger charge is -2.15. The van der Waals surface area contributed by atoms with E-state index in [1.165, 1.54) is 11.8 Å². The zero-order chi connectivity index (χ0) is 18.0. The Bertz CT molecular complexity index is 1010. The summed E-state index contributed by atoms with van der Waals surface area (Å²) in [5.41, 5.74) is 2.07. The number of methoxy groups -OCH3 is 1. The van der Waals surface area contributed by atoms with Gasteiger partial charge in [0, 0.05) is 10.8 Å². The van der Waals surface area contributed by atoms with Gasteiger partial charge in [0.25, 0.3) is 5.56 Å². The second-order valence-electron chi connectivity index (χ2n) is 5.61. The van der Waals surface area contributed by atoms with Gasteiger partial charge in [0.05, 0.1) is 23.7 Å². The Labute approximate surface area is 155 Å². The summed E-state index contributed by atoms with van der Waals surface area (Å²) < 4.78 is 7.02. The Morgan fingerprint density at radius 3 is 2.80 bits per heavy atom. The van der Waals surface area contributed by atoms with Crippen LogP contribution in [0.5, 0.6) is 5.75 Å². The van der Waals surface area contributed by atoms with Gasteiger partial charge in [-0.1, -0.05) is 47.6 Å². The number of nitrogens with zero attached hydrogens (tertiary/aromatic N) is 2. The van der Waals surface area contributed by atoms with Crippen LogP contribution in [-0.2, 0) is 0 Å². The first kappa shape index (κ1) is 17.6. The molecule has 0 saturated heterocycles. The summed E-state index contributed by atoms with van der Waals surface area (Å²) in [6.07, 6.45) is 0. The number of fused-ring (bicyclic) bond motifs is 1. The monoisotopic (exact) mass is 372 g/mol. The molecule has 3 aromatic rings. The van der Waals surface area contributed by atoms with Crippen LogP contribution < -0.4 is 10.3 Å². The smallest absolute Gasteiger partial charge is 0.266 e. The van der Waals surface area contributed by atoms with E-state index in [-0.39, 0.29) is 5.56 Å². The molecule has 0 fully saturated rings. The van der Waals surface area contributed by atoms with Crippen LogP contribution in [0.2, 0.25) is 5.02 Å². The predicted octanol–water partition coefficient (Wildman–Crippen LogP) is 4.72. The minimum absolute atomic E-state index is 0.157. The summed E-state index contributed by atoms with van der Waals surface area (Å²) in [4.78, 5) is 17.8. The molecule has 2 aromatic carbocycles. The molecule has 0 saturated carbocycles. The number of rotatable bonds is 5. The van der Waals surface area contributed by atoms with Crippen LogP contribution in [0, 0.1) is 0 Å². The van der Waals surface area contributed by atoms with Crippen molar-refractivity contribution >= 4 is 34.3 Å². The summed E-state index contributed by atoms with van der Waals surface area (Å²) in [7, 11) is 1.58. The molecule has 6 heteroatoms. The quantitative estimate of drug-likeness (QED) is 0.369. The van der Waals surface area contributed by atoms with Gasteiger partial charge < -0.3 is 4.74 Å². The van der Waals surface area contributed by atoms with Crippen molar-refractivity contribution in [3.63, 3.8) is 0 Å². The van der Waals surface area contributed by atoms with Gasteiger partial charge in [0.2, 0.25) is 0 Å². The van der Waals surface area contributed by atoms with Gasteiger partial charge >= 0.3 is 0 Å². The topological polar surface area (TPSA) is 44.1 Å². The SMILES string of the molecule is C=C(C)CSc1nc2cc(Cl)ccc2c(=O)n1-c1ccccc1OC. The Balaban J connectivity index is 2.32. The Kier molecular flexibility index (Phi) is 5.16. The molecule has 0 amide bonds. The molecule has 0 aliphatic carbocycles. The summed E-state index contributed by atoms with van der Waals surface area (Å²) in [6, 6.07) is 12.5. The zero-order valence-corrected chi connectivity index (χ0v) is 15.5. The summed E-state index contributed by atoms with van der Waals surface area (Å²) in [5.74, 6) is 1.27. The number of thioether (sulfide) groups is 1. The molecule has 3 rings (SSSR count). The molecule has 0 spiro atoms. The molecule has 128 valence electrons. The van der Waals surface area contributed by atoms with Gasteiger partial charge in [0.15, 0.2) is 5.16 Å².